The highest BCUT2D eigenvalue weighted by atomic mass is 19.1. The molecule has 1 aromatic carbocycles. The maximum Gasteiger partial charge on any atom is 0.257 e. The lowest BCUT2D eigenvalue weighted by atomic mass is 9.90. The molecule has 0 atom stereocenters. The van der Waals surface area contributed by atoms with Crippen molar-refractivity contribution in [1.29, 1.82) is 0 Å². The monoisotopic (exact) mass is 251 g/mol. The Balaban J connectivity index is 2.14. The number of rotatable bonds is 5. The number of hydrogen-bond acceptors (Lipinski definition) is 2. The van der Waals surface area contributed by atoms with Gasteiger partial charge in [-0.25, -0.2) is 4.39 Å². The Morgan fingerprint density at radius 1 is 1.39 bits per heavy atom. The fourth-order valence-corrected chi connectivity index (χ4v) is 2.18. The number of amides is 1. The minimum Gasteiger partial charge on any atom is -0.396 e. The van der Waals surface area contributed by atoms with Crippen molar-refractivity contribution in [3.63, 3.8) is 0 Å². The largest absolute Gasteiger partial charge is 0.396 e. The van der Waals surface area contributed by atoms with Crippen molar-refractivity contribution >= 4 is 5.91 Å². The second-order valence-electron chi connectivity index (χ2n) is 4.64. The molecule has 2 rings (SSSR count). The van der Waals surface area contributed by atoms with Crippen LogP contribution >= 0.6 is 0 Å². The number of nitrogens with zero attached hydrogens (tertiary/aromatic N) is 1. The maximum atomic E-state index is 13.6. The molecule has 1 aliphatic carbocycles. The average Bonchev–Trinajstić information content (AvgIpc) is 2.32. The summed E-state index contributed by atoms with van der Waals surface area (Å²) in [6.45, 7) is 0.544. The van der Waals surface area contributed by atoms with Crippen molar-refractivity contribution in [2.24, 2.45) is 0 Å². The number of hydrogen-bond donors (Lipinski definition) is 1. The van der Waals surface area contributed by atoms with E-state index in [1.807, 2.05) is 0 Å². The van der Waals surface area contributed by atoms with Crippen molar-refractivity contribution in [1.82, 2.24) is 4.90 Å². The van der Waals surface area contributed by atoms with E-state index < -0.39 is 5.82 Å². The van der Waals surface area contributed by atoms with E-state index >= 15 is 0 Å². The summed E-state index contributed by atoms with van der Waals surface area (Å²) >= 11 is 0. The maximum absolute atomic E-state index is 13.6. The SMILES string of the molecule is O=C(c1ccccc1F)N(CCCO)C1CCC1. The van der Waals surface area contributed by atoms with Gasteiger partial charge in [0.05, 0.1) is 5.56 Å². The number of aliphatic hydroxyl groups excluding tert-OH is 1. The Kier molecular flexibility index (Phi) is 4.31. The van der Waals surface area contributed by atoms with Gasteiger partial charge in [0, 0.05) is 19.2 Å². The van der Waals surface area contributed by atoms with E-state index in [1.54, 1.807) is 17.0 Å². The first kappa shape index (κ1) is 13.0. The summed E-state index contributed by atoms with van der Waals surface area (Å²) in [5.74, 6) is -0.734. The molecular formula is C14H18FNO2. The van der Waals surface area contributed by atoms with Gasteiger partial charge in [-0.3, -0.25) is 4.79 Å². The van der Waals surface area contributed by atoms with Gasteiger partial charge >= 0.3 is 0 Å². The Morgan fingerprint density at radius 2 is 2.11 bits per heavy atom. The zero-order chi connectivity index (χ0) is 13.0. The van der Waals surface area contributed by atoms with E-state index in [0.29, 0.717) is 13.0 Å². The summed E-state index contributed by atoms with van der Waals surface area (Å²) in [5, 5.41) is 8.88. The van der Waals surface area contributed by atoms with Crippen LogP contribution in [0.4, 0.5) is 4.39 Å². The lowest BCUT2D eigenvalue weighted by molar-refractivity contribution is 0.0558. The molecule has 0 unspecified atom stereocenters. The molecule has 1 N–H and O–H groups in total. The molecule has 18 heavy (non-hydrogen) atoms. The highest BCUT2D eigenvalue weighted by Crippen LogP contribution is 2.26. The van der Waals surface area contributed by atoms with E-state index in [1.165, 1.54) is 12.1 Å². The van der Waals surface area contributed by atoms with Crippen LogP contribution in [0, 0.1) is 5.82 Å². The number of carbonyl (C=O) groups excluding carboxylic acids is 1. The Labute approximate surface area is 106 Å². The van der Waals surface area contributed by atoms with E-state index in [2.05, 4.69) is 0 Å². The van der Waals surface area contributed by atoms with Gasteiger partial charge in [0.2, 0.25) is 0 Å². The van der Waals surface area contributed by atoms with Crippen LogP contribution in [0.15, 0.2) is 24.3 Å². The third-order valence-corrected chi connectivity index (χ3v) is 3.44. The van der Waals surface area contributed by atoms with Gasteiger partial charge in [0.25, 0.3) is 5.91 Å². The number of carbonyl (C=O) groups is 1. The van der Waals surface area contributed by atoms with Crippen LogP contribution in [0.25, 0.3) is 0 Å². The summed E-state index contributed by atoms with van der Waals surface area (Å²) in [4.78, 5) is 14.0. The zero-order valence-corrected chi connectivity index (χ0v) is 10.3. The molecular weight excluding hydrogens is 233 g/mol. The second kappa shape index (κ2) is 5.96. The third kappa shape index (κ3) is 2.70. The standard InChI is InChI=1S/C14H18FNO2/c15-13-8-2-1-7-12(13)14(18)16(9-4-10-17)11-5-3-6-11/h1-2,7-8,11,17H,3-6,9-10H2. The molecule has 0 aromatic heterocycles. The topological polar surface area (TPSA) is 40.5 Å². The molecule has 0 radical (unpaired) electrons. The van der Waals surface area contributed by atoms with Crippen LogP contribution in [0.1, 0.15) is 36.0 Å². The predicted molar refractivity (Wildman–Crippen MR) is 66.8 cm³/mol. The lowest BCUT2D eigenvalue weighted by Crippen LogP contribution is -2.45. The van der Waals surface area contributed by atoms with E-state index in [-0.39, 0.29) is 24.1 Å². The van der Waals surface area contributed by atoms with E-state index in [0.717, 1.165) is 19.3 Å². The summed E-state index contributed by atoms with van der Waals surface area (Å²) in [7, 11) is 0. The van der Waals surface area contributed by atoms with Crippen molar-refractivity contribution in [3.05, 3.63) is 35.6 Å². The molecule has 0 heterocycles. The van der Waals surface area contributed by atoms with Gasteiger partial charge < -0.3 is 10.0 Å². The first-order chi connectivity index (χ1) is 8.74. The van der Waals surface area contributed by atoms with Crippen LogP contribution in [0.5, 0.6) is 0 Å². The van der Waals surface area contributed by atoms with E-state index in [9.17, 15) is 9.18 Å². The summed E-state index contributed by atoms with van der Waals surface area (Å²) < 4.78 is 13.6. The average molecular weight is 251 g/mol. The predicted octanol–water partition coefficient (Wildman–Crippen LogP) is 2.20. The van der Waals surface area contributed by atoms with Crippen molar-refractivity contribution < 1.29 is 14.3 Å². The van der Waals surface area contributed by atoms with Gasteiger partial charge in [0.15, 0.2) is 0 Å². The van der Waals surface area contributed by atoms with Crippen LogP contribution in [-0.2, 0) is 0 Å². The summed E-state index contributed by atoms with van der Waals surface area (Å²) in [6.07, 6.45) is 3.61. The molecule has 0 saturated heterocycles. The molecule has 98 valence electrons. The highest BCUT2D eigenvalue weighted by molar-refractivity contribution is 5.94. The van der Waals surface area contributed by atoms with Crippen LogP contribution in [0.2, 0.25) is 0 Å². The number of aliphatic hydroxyl groups is 1. The fourth-order valence-electron chi connectivity index (χ4n) is 2.18. The zero-order valence-electron chi connectivity index (χ0n) is 10.3. The van der Waals surface area contributed by atoms with Crippen LogP contribution in [0.3, 0.4) is 0 Å². The van der Waals surface area contributed by atoms with Gasteiger partial charge in [-0.15, -0.1) is 0 Å². The van der Waals surface area contributed by atoms with Crippen molar-refractivity contribution in [3.8, 4) is 0 Å². The van der Waals surface area contributed by atoms with Gasteiger partial charge in [-0.1, -0.05) is 12.1 Å². The molecule has 0 aliphatic heterocycles. The Morgan fingerprint density at radius 3 is 2.67 bits per heavy atom. The van der Waals surface area contributed by atoms with Gasteiger partial charge in [0.1, 0.15) is 5.82 Å². The molecule has 1 aromatic rings. The lowest BCUT2D eigenvalue weighted by Gasteiger charge is -2.37. The Hall–Kier alpha value is -1.42. The molecule has 1 amide bonds. The smallest absolute Gasteiger partial charge is 0.257 e. The second-order valence-corrected chi connectivity index (χ2v) is 4.64. The van der Waals surface area contributed by atoms with Crippen LogP contribution < -0.4 is 0 Å². The van der Waals surface area contributed by atoms with E-state index in [4.69, 9.17) is 5.11 Å². The Bertz CT molecular complexity index is 418. The quantitative estimate of drug-likeness (QED) is 0.871. The molecule has 1 fully saturated rings. The number of halogens is 1. The number of benzene rings is 1. The van der Waals surface area contributed by atoms with Crippen LogP contribution in [-0.4, -0.2) is 35.1 Å². The molecule has 1 saturated carbocycles. The first-order valence-corrected chi connectivity index (χ1v) is 6.40. The van der Waals surface area contributed by atoms with Crippen molar-refractivity contribution in [2.75, 3.05) is 13.2 Å². The third-order valence-electron chi connectivity index (χ3n) is 3.44. The summed E-state index contributed by atoms with van der Waals surface area (Å²) in [6, 6.07) is 6.28. The molecule has 1 aliphatic rings. The molecule has 3 nitrogen and oxygen atoms in total. The molecule has 0 spiro atoms. The molecule has 4 heteroatoms. The molecule has 0 bridgehead atoms. The highest BCUT2D eigenvalue weighted by Gasteiger charge is 2.29. The first-order valence-electron chi connectivity index (χ1n) is 6.40. The fraction of sp³-hybridized carbons (Fsp3) is 0.500. The van der Waals surface area contributed by atoms with Crippen molar-refractivity contribution in [2.45, 2.75) is 31.7 Å². The minimum absolute atomic E-state index is 0.0494. The summed E-state index contributed by atoms with van der Waals surface area (Å²) in [5.41, 5.74) is 0.127. The van der Waals surface area contributed by atoms with Gasteiger partial charge in [-0.2, -0.15) is 0 Å². The normalized spacial score (nSPS) is 15.2. The minimum atomic E-state index is -0.476. The van der Waals surface area contributed by atoms with Gasteiger partial charge in [-0.05, 0) is 37.8 Å².